The summed E-state index contributed by atoms with van der Waals surface area (Å²) in [6, 6.07) is 5.58. The maximum absolute atomic E-state index is 10.8. The van der Waals surface area contributed by atoms with Crippen LogP contribution in [0.1, 0.15) is 17.3 Å². The van der Waals surface area contributed by atoms with Gasteiger partial charge in [0.1, 0.15) is 10.1 Å². The molecule has 3 nitrogen and oxygen atoms in total. The number of rotatable bonds is 2. The van der Waals surface area contributed by atoms with Gasteiger partial charge in [-0.25, -0.2) is 0 Å². The highest BCUT2D eigenvalue weighted by atomic mass is 79.9. The predicted octanol–water partition coefficient (Wildman–Crippen LogP) is 2.63. The molecule has 0 aliphatic heterocycles. The summed E-state index contributed by atoms with van der Waals surface area (Å²) >= 11 is 3.46. The van der Waals surface area contributed by atoms with Gasteiger partial charge in [-0.05, 0) is 35.0 Å². The van der Waals surface area contributed by atoms with Crippen LogP contribution in [0.4, 0.5) is 0 Å². The number of carbonyl (C=O) groups excluding carboxylic acids is 1. The topological polar surface area (TPSA) is 34.9 Å². The van der Waals surface area contributed by atoms with E-state index < -0.39 is 0 Å². The Balaban J connectivity index is 2.83. The largest absolute Gasteiger partial charge is 0.298 e. The number of hydrogen-bond donors (Lipinski definition) is 0. The van der Waals surface area contributed by atoms with E-state index in [2.05, 4.69) is 21.0 Å². The molecule has 2 aromatic rings. The normalized spacial score (nSPS) is 10.7. The number of halogens is 1. The minimum absolute atomic E-state index is 0.635. The van der Waals surface area contributed by atoms with Crippen molar-refractivity contribution in [3.8, 4) is 0 Å². The Morgan fingerprint density at radius 1 is 1.57 bits per heavy atom. The molecule has 0 radical (unpaired) electrons. The van der Waals surface area contributed by atoms with Crippen molar-refractivity contribution in [1.29, 1.82) is 0 Å². The monoisotopic (exact) mass is 252 g/mol. The lowest BCUT2D eigenvalue weighted by atomic mass is 10.2. The zero-order chi connectivity index (χ0) is 10.1. The average molecular weight is 253 g/mol. The van der Waals surface area contributed by atoms with Gasteiger partial charge in [-0.1, -0.05) is 6.07 Å². The number of benzene rings is 1. The molecule has 0 amide bonds. The number of fused-ring (bicyclic) bond motifs is 1. The Kier molecular flexibility index (Phi) is 2.37. The number of hydrogen-bond acceptors (Lipinski definition) is 2. The van der Waals surface area contributed by atoms with Gasteiger partial charge in [0.25, 0.3) is 0 Å². The molecule has 0 spiro atoms. The molecule has 0 N–H and O–H groups in total. The van der Waals surface area contributed by atoms with Crippen molar-refractivity contribution in [2.75, 3.05) is 0 Å². The molecule has 0 unspecified atom stereocenters. The Bertz CT molecular complexity index is 490. The highest BCUT2D eigenvalue weighted by Crippen LogP contribution is 2.25. The van der Waals surface area contributed by atoms with E-state index in [4.69, 9.17) is 0 Å². The molecule has 1 aromatic carbocycles. The van der Waals surface area contributed by atoms with E-state index in [1.807, 2.05) is 23.7 Å². The Labute approximate surface area is 89.8 Å². The number of aryl methyl sites for hydroxylation is 1. The lowest BCUT2D eigenvalue weighted by molar-refractivity contribution is 0.112. The first-order valence-corrected chi connectivity index (χ1v) is 5.17. The SMILES string of the molecule is CCn1nc2c(C=O)cccc2c1Br. The van der Waals surface area contributed by atoms with Crippen LogP contribution in [0.2, 0.25) is 0 Å². The molecule has 0 atom stereocenters. The van der Waals surface area contributed by atoms with Crippen LogP contribution >= 0.6 is 15.9 Å². The fourth-order valence-electron chi connectivity index (χ4n) is 1.45. The molecular weight excluding hydrogens is 244 g/mol. The predicted molar refractivity (Wildman–Crippen MR) is 58.5 cm³/mol. The van der Waals surface area contributed by atoms with E-state index in [1.165, 1.54) is 0 Å². The second-order valence-electron chi connectivity index (χ2n) is 2.97. The standard InChI is InChI=1S/C10H9BrN2O/c1-2-13-10(11)8-5-3-4-7(6-14)9(8)12-13/h3-6H,2H2,1H3. The second-order valence-corrected chi connectivity index (χ2v) is 3.72. The van der Waals surface area contributed by atoms with E-state index in [-0.39, 0.29) is 0 Å². The van der Waals surface area contributed by atoms with Crippen LogP contribution in [0.3, 0.4) is 0 Å². The second kappa shape index (κ2) is 3.53. The van der Waals surface area contributed by atoms with E-state index in [0.29, 0.717) is 5.56 Å². The first-order chi connectivity index (χ1) is 6.77. The number of aromatic nitrogens is 2. The van der Waals surface area contributed by atoms with Crippen LogP contribution in [0.25, 0.3) is 10.9 Å². The van der Waals surface area contributed by atoms with Gasteiger partial charge in [-0.3, -0.25) is 9.48 Å². The lowest BCUT2D eigenvalue weighted by Crippen LogP contribution is -1.95. The quantitative estimate of drug-likeness (QED) is 0.771. The van der Waals surface area contributed by atoms with Crippen LogP contribution in [0.15, 0.2) is 22.8 Å². The minimum atomic E-state index is 0.635. The van der Waals surface area contributed by atoms with Crippen LogP contribution in [-0.4, -0.2) is 16.1 Å². The lowest BCUT2D eigenvalue weighted by Gasteiger charge is -1.94. The van der Waals surface area contributed by atoms with E-state index >= 15 is 0 Å². The molecule has 1 heterocycles. The van der Waals surface area contributed by atoms with E-state index in [1.54, 1.807) is 6.07 Å². The third kappa shape index (κ3) is 1.26. The summed E-state index contributed by atoms with van der Waals surface area (Å²) in [6.07, 6.45) is 0.835. The zero-order valence-corrected chi connectivity index (χ0v) is 9.28. The molecule has 0 fully saturated rings. The summed E-state index contributed by atoms with van der Waals surface area (Å²) in [5.41, 5.74) is 1.40. The molecular formula is C10H9BrN2O. The fraction of sp³-hybridized carbons (Fsp3) is 0.200. The summed E-state index contributed by atoms with van der Waals surface area (Å²) < 4.78 is 2.76. The summed E-state index contributed by atoms with van der Waals surface area (Å²) in [5.74, 6) is 0. The van der Waals surface area contributed by atoms with Crippen molar-refractivity contribution in [2.45, 2.75) is 13.5 Å². The van der Waals surface area contributed by atoms with Crippen molar-refractivity contribution in [3.63, 3.8) is 0 Å². The van der Waals surface area contributed by atoms with Crippen molar-refractivity contribution < 1.29 is 4.79 Å². The van der Waals surface area contributed by atoms with Crippen LogP contribution in [-0.2, 0) is 6.54 Å². The molecule has 0 bridgehead atoms. The van der Waals surface area contributed by atoms with Crippen LogP contribution in [0.5, 0.6) is 0 Å². The first-order valence-electron chi connectivity index (χ1n) is 4.38. The zero-order valence-electron chi connectivity index (χ0n) is 7.70. The van der Waals surface area contributed by atoms with Gasteiger partial charge in [0.05, 0.1) is 0 Å². The number of carbonyl (C=O) groups is 1. The third-order valence-electron chi connectivity index (χ3n) is 2.16. The summed E-state index contributed by atoms with van der Waals surface area (Å²) in [6.45, 7) is 2.80. The molecule has 0 saturated heterocycles. The van der Waals surface area contributed by atoms with Crippen LogP contribution < -0.4 is 0 Å². The van der Waals surface area contributed by atoms with Gasteiger partial charge in [0, 0.05) is 17.5 Å². The Morgan fingerprint density at radius 3 is 3.00 bits per heavy atom. The van der Waals surface area contributed by atoms with Crippen LogP contribution in [0, 0.1) is 0 Å². The highest BCUT2D eigenvalue weighted by Gasteiger charge is 2.09. The van der Waals surface area contributed by atoms with Crippen molar-refractivity contribution in [3.05, 3.63) is 28.4 Å². The Hall–Kier alpha value is -1.16. The van der Waals surface area contributed by atoms with Crippen molar-refractivity contribution >= 4 is 33.1 Å². The maximum Gasteiger partial charge on any atom is 0.152 e. The minimum Gasteiger partial charge on any atom is -0.298 e. The molecule has 4 heteroatoms. The number of nitrogens with zero attached hydrogens (tertiary/aromatic N) is 2. The maximum atomic E-state index is 10.8. The van der Waals surface area contributed by atoms with E-state index in [0.717, 1.165) is 28.3 Å². The summed E-state index contributed by atoms with van der Waals surface area (Å²) in [4.78, 5) is 10.8. The Morgan fingerprint density at radius 2 is 2.36 bits per heavy atom. The molecule has 0 aliphatic carbocycles. The molecule has 72 valence electrons. The van der Waals surface area contributed by atoms with E-state index in [9.17, 15) is 4.79 Å². The van der Waals surface area contributed by atoms with Gasteiger partial charge in [-0.2, -0.15) is 5.10 Å². The van der Waals surface area contributed by atoms with Crippen molar-refractivity contribution in [1.82, 2.24) is 9.78 Å². The number of aldehydes is 1. The molecule has 0 saturated carbocycles. The smallest absolute Gasteiger partial charge is 0.152 e. The molecule has 14 heavy (non-hydrogen) atoms. The third-order valence-corrected chi connectivity index (χ3v) is 3.00. The first kappa shape index (κ1) is 9.40. The summed E-state index contributed by atoms with van der Waals surface area (Å²) in [7, 11) is 0. The summed E-state index contributed by atoms with van der Waals surface area (Å²) in [5, 5.41) is 5.32. The van der Waals surface area contributed by atoms with Crippen molar-refractivity contribution in [2.24, 2.45) is 0 Å². The van der Waals surface area contributed by atoms with Gasteiger partial charge < -0.3 is 0 Å². The van der Waals surface area contributed by atoms with Gasteiger partial charge >= 0.3 is 0 Å². The van der Waals surface area contributed by atoms with Gasteiger partial charge in [-0.15, -0.1) is 0 Å². The molecule has 0 aliphatic rings. The van der Waals surface area contributed by atoms with Gasteiger partial charge in [0.15, 0.2) is 6.29 Å². The van der Waals surface area contributed by atoms with Gasteiger partial charge in [0.2, 0.25) is 0 Å². The average Bonchev–Trinajstić information content (AvgIpc) is 2.55. The fourth-order valence-corrected chi connectivity index (χ4v) is 2.10. The molecule has 1 aromatic heterocycles. The molecule has 2 rings (SSSR count). The highest BCUT2D eigenvalue weighted by molar-refractivity contribution is 9.10.